The van der Waals surface area contributed by atoms with E-state index >= 15 is 0 Å². The van der Waals surface area contributed by atoms with Crippen LogP contribution in [0.25, 0.3) is 0 Å². The average Bonchev–Trinajstić information content (AvgIpc) is 3.48. The van der Waals surface area contributed by atoms with Gasteiger partial charge < -0.3 is 14.2 Å². The molecule has 0 saturated heterocycles. The van der Waals surface area contributed by atoms with Crippen LogP contribution in [0, 0.1) is 6.07 Å². The first kappa shape index (κ1) is 56.1. The molecule has 16 nitrogen and oxygen atoms in total. The van der Waals surface area contributed by atoms with Gasteiger partial charge in [0.05, 0.1) is 21.6 Å². The minimum atomic E-state index is -4.30. The van der Waals surface area contributed by atoms with Crippen molar-refractivity contribution in [1.29, 1.82) is 0 Å². The zero-order chi connectivity index (χ0) is 45.5. The number of allylic oxidation sites excluding steroid dienone is 8. The van der Waals surface area contributed by atoms with Gasteiger partial charge in [0.2, 0.25) is 10.0 Å². The molecule has 2 aliphatic rings. The molecule has 2 heterocycles. The molecule has 4 rings (SSSR count). The average molecular weight is 950 g/mol. The summed E-state index contributed by atoms with van der Waals surface area (Å²) in [7, 11) is -12.8. The predicted octanol–water partition coefficient (Wildman–Crippen LogP) is 1.52. The second-order valence-electron chi connectivity index (χ2n) is 14.5. The van der Waals surface area contributed by atoms with Crippen molar-refractivity contribution in [2.24, 2.45) is 0 Å². The quantitative estimate of drug-likeness (QED) is 0.0547. The maximum atomic E-state index is 13.5. The molecule has 0 fully saturated rings. The number of carbonyl (C=O) groups is 1. The Morgan fingerprint density at radius 3 is 2.10 bits per heavy atom. The summed E-state index contributed by atoms with van der Waals surface area (Å²) in [5.41, 5.74) is 5.28. The van der Waals surface area contributed by atoms with Crippen LogP contribution in [-0.2, 0) is 61.7 Å². The number of benzene rings is 2. The zero-order valence-corrected chi connectivity index (χ0v) is 42.0. The van der Waals surface area contributed by atoms with Gasteiger partial charge in [-0.15, -0.1) is 31.3 Å². The molecule has 0 aromatic heterocycles. The van der Waals surface area contributed by atoms with E-state index in [1.807, 2.05) is 60.7 Å². The van der Waals surface area contributed by atoms with Gasteiger partial charge in [0.1, 0.15) is 12.2 Å². The molecule has 0 radical (unpaired) electrons. The molecule has 330 valence electrons. The summed E-state index contributed by atoms with van der Waals surface area (Å²) in [6.45, 7) is 14.0. The molecule has 2 aliphatic heterocycles. The summed E-state index contributed by atoms with van der Waals surface area (Å²) in [6, 6.07) is 14.2. The van der Waals surface area contributed by atoms with E-state index in [0.29, 0.717) is 19.6 Å². The number of ether oxygens (including phenoxy) is 1. The number of fused-ring (bicyclic) bond motifs is 2. The second-order valence-corrected chi connectivity index (χ2v) is 18.9. The molecule has 0 aliphatic carbocycles. The van der Waals surface area contributed by atoms with Crippen LogP contribution in [0.15, 0.2) is 89.5 Å². The Morgan fingerprint density at radius 2 is 1.51 bits per heavy atom. The summed E-state index contributed by atoms with van der Waals surface area (Å²) in [5, 5.41) is 0. The van der Waals surface area contributed by atoms with Gasteiger partial charge in [-0.1, -0.05) is 70.6 Å². The van der Waals surface area contributed by atoms with Crippen LogP contribution in [0.3, 0.4) is 0 Å². The Morgan fingerprint density at radius 1 is 0.902 bits per heavy atom. The van der Waals surface area contributed by atoms with Crippen LogP contribution in [0.4, 0.5) is 11.4 Å². The minimum Gasteiger partial charge on any atom is -0.748 e. The van der Waals surface area contributed by atoms with Gasteiger partial charge in [0, 0.05) is 67.0 Å². The van der Waals surface area contributed by atoms with Crippen LogP contribution in [0.1, 0.15) is 78.4 Å². The van der Waals surface area contributed by atoms with Crippen LogP contribution >= 0.6 is 0 Å². The maximum absolute atomic E-state index is 13.5. The van der Waals surface area contributed by atoms with E-state index < -0.39 is 52.5 Å². The molecule has 2 aromatic carbocycles. The van der Waals surface area contributed by atoms with Crippen LogP contribution in [0.5, 0.6) is 0 Å². The fraction of sp³-hybridized carbons (Fsp3) is 0.450. The monoisotopic (exact) mass is 949 g/mol. The van der Waals surface area contributed by atoms with Crippen molar-refractivity contribution in [1.82, 2.24) is 4.31 Å². The number of anilines is 1. The van der Waals surface area contributed by atoms with Gasteiger partial charge >= 0.3 is 78.6 Å². The smallest absolute Gasteiger partial charge is 0.748 e. The first-order chi connectivity index (χ1) is 27.9. The molecule has 61 heavy (non-hydrogen) atoms. The molecule has 0 N–H and O–H groups in total. The van der Waals surface area contributed by atoms with E-state index in [2.05, 4.69) is 56.2 Å². The van der Waals surface area contributed by atoms with E-state index in [1.165, 1.54) is 11.4 Å². The normalized spacial score (nSPS) is 15.9. The molecule has 0 unspecified atom stereocenters. The molecule has 0 amide bonds. The molecular formula is C40H52KN3O13S4. The number of sulfonamides is 1. The Hall–Kier alpha value is -2.96. The number of carbonyl (C=O) groups excluding carboxylic acids is 1. The fourth-order valence-corrected chi connectivity index (χ4v) is 8.67. The molecule has 21 heteroatoms. The van der Waals surface area contributed by atoms with E-state index in [-0.39, 0.29) is 87.1 Å². The first-order valence-corrected chi connectivity index (χ1v) is 23.8. The fourth-order valence-electron chi connectivity index (χ4n) is 6.95. The maximum Gasteiger partial charge on any atom is 1.00 e. The molecule has 0 saturated carbocycles. The van der Waals surface area contributed by atoms with Gasteiger partial charge in [-0.3, -0.25) is 4.79 Å². The Labute approximate surface area is 405 Å². The topological polar surface area (TPSA) is 230 Å². The minimum absolute atomic E-state index is 0. The summed E-state index contributed by atoms with van der Waals surface area (Å²) >= 11 is 0. The van der Waals surface area contributed by atoms with Crippen LogP contribution in [0.2, 0.25) is 0 Å². The van der Waals surface area contributed by atoms with Crippen molar-refractivity contribution in [3.8, 4) is 0 Å². The van der Waals surface area contributed by atoms with Gasteiger partial charge in [-0.2, -0.15) is 18.2 Å². The number of nitrogens with zero attached hydrogens (tertiary/aromatic N) is 3. The first-order valence-electron chi connectivity index (χ1n) is 18.8. The standard InChI is InChI=1S/C40H53N3O7S2.K.2O3S/c1-8-26-42-35-25-24-31(52(48,49)41(7)27-17-23-38(44)50-9-2)30-33(35)40(5,6)37(42)22-14-12-10-11-13-21-36-39(3,4)32-19-15-16-20-34(32)43(36)28-18-29-51(45,46)47;;2*1-4(2)3/h10-14,16,19-22,24-25,30H,8-9,17-18,23,26-29H2,1-7H3,(H,45,46,47);;;/q;+1;;/p-1. The Bertz CT molecular complexity index is 2440. The van der Waals surface area contributed by atoms with Crippen molar-refractivity contribution in [2.75, 3.05) is 43.9 Å². The molecule has 0 bridgehead atoms. The Kier molecular flexibility index (Phi) is 23.3. The molecule has 0 spiro atoms. The van der Waals surface area contributed by atoms with Gasteiger partial charge in [-0.05, 0) is 49.6 Å². The summed E-state index contributed by atoms with van der Waals surface area (Å²) < 4.78 is 120. The summed E-state index contributed by atoms with van der Waals surface area (Å²) in [6.07, 6.45) is 15.5. The van der Waals surface area contributed by atoms with Gasteiger partial charge in [-0.25, -0.2) is 25.7 Å². The number of rotatable bonds is 17. The van der Waals surface area contributed by atoms with Crippen molar-refractivity contribution < 1.29 is 112 Å². The molecule has 2 aromatic rings. The SMILES string of the molecule is CCCN1/C(=C/C=C/C=C/C=C/C2=[N+](CCCS(=O)(=O)[O-])c3cc[c-]cc3C2(C)C)C(C)(C)c2cc(S(=O)(=O)N(C)CCCC(=O)OCC)ccc21.O=S(=O)=O.O=S(=O)=O.[K+]. The van der Waals surface area contributed by atoms with E-state index in [1.54, 1.807) is 19.1 Å². The third-order valence-corrected chi connectivity index (χ3v) is 12.3. The van der Waals surface area contributed by atoms with Gasteiger partial charge in [0.25, 0.3) is 0 Å². The predicted molar refractivity (Wildman–Crippen MR) is 225 cm³/mol. The van der Waals surface area contributed by atoms with Gasteiger partial charge in [0.15, 0.2) is 5.71 Å². The van der Waals surface area contributed by atoms with Crippen molar-refractivity contribution in [3.05, 3.63) is 102 Å². The summed E-state index contributed by atoms with van der Waals surface area (Å²) in [4.78, 5) is 14.2. The van der Waals surface area contributed by atoms with E-state index in [9.17, 15) is 26.2 Å². The number of esters is 1. The largest absolute Gasteiger partial charge is 1.00 e. The zero-order valence-electron chi connectivity index (χ0n) is 35.7. The van der Waals surface area contributed by atoms with Crippen LogP contribution in [-0.4, -0.2) is 106 Å². The molecular weight excluding hydrogens is 898 g/mol. The van der Waals surface area contributed by atoms with E-state index in [0.717, 1.165) is 46.9 Å². The third kappa shape index (κ3) is 16.6. The van der Waals surface area contributed by atoms with Crippen LogP contribution < -0.4 is 56.3 Å². The van der Waals surface area contributed by atoms with Crippen molar-refractivity contribution in [2.45, 2.75) is 83.0 Å². The molecule has 0 atom stereocenters. The Balaban J connectivity index is 0.00000190. The summed E-state index contributed by atoms with van der Waals surface area (Å²) in [5.74, 6) is -0.746. The van der Waals surface area contributed by atoms with Crippen molar-refractivity contribution in [3.63, 3.8) is 0 Å². The number of hydrogen-bond donors (Lipinski definition) is 0. The van der Waals surface area contributed by atoms with E-state index in [4.69, 9.17) is 30.0 Å². The second kappa shape index (κ2) is 25.4. The third-order valence-electron chi connectivity index (χ3n) is 9.64. The number of hydrogen-bond acceptors (Lipinski definition) is 14. The van der Waals surface area contributed by atoms with Crippen molar-refractivity contribution >= 4 is 64.4 Å².